The Bertz CT molecular complexity index is 1170. The molecule has 0 bridgehead atoms. The van der Waals surface area contributed by atoms with Crippen LogP contribution in [-0.2, 0) is 11.0 Å². The summed E-state index contributed by atoms with van der Waals surface area (Å²) in [6, 6.07) is 6.08. The van der Waals surface area contributed by atoms with E-state index in [0.717, 1.165) is 18.2 Å². The zero-order valence-corrected chi connectivity index (χ0v) is 18.3. The molecule has 0 aliphatic carbocycles. The fraction of sp³-hybridized carbons (Fsp3) is 0.318. The van der Waals surface area contributed by atoms with Crippen LogP contribution >= 0.6 is 11.6 Å². The molecule has 3 heterocycles. The molecule has 11 heteroatoms. The number of rotatable bonds is 4. The molecule has 0 radical (unpaired) electrons. The molecule has 174 valence electrons. The molecule has 1 fully saturated rings. The average molecular weight is 481 g/mol. The number of nitrogens with zero attached hydrogens (tertiary/aromatic N) is 3. The number of nitrogens with one attached hydrogen (secondary N) is 1. The molecule has 4 rings (SSSR count). The second kappa shape index (κ2) is 8.93. The zero-order chi connectivity index (χ0) is 23.8. The van der Waals surface area contributed by atoms with Crippen molar-refractivity contribution in [1.82, 2.24) is 14.7 Å². The van der Waals surface area contributed by atoms with E-state index in [1.165, 1.54) is 17.2 Å². The van der Waals surface area contributed by atoms with Crippen LogP contribution in [0.3, 0.4) is 0 Å². The number of halogens is 4. The topological polar surface area (TPSA) is 80.4 Å². The Labute approximate surface area is 192 Å². The van der Waals surface area contributed by atoms with Crippen molar-refractivity contribution < 1.29 is 27.2 Å². The highest BCUT2D eigenvalue weighted by Crippen LogP contribution is 2.34. The van der Waals surface area contributed by atoms with Gasteiger partial charge in [-0.15, -0.1) is 0 Å². The van der Waals surface area contributed by atoms with Crippen LogP contribution in [0.5, 0.6) is 0 Å². The van der Waals surface area contributed by atoms with Crippen LogP contribution < -0.4 is 5.32 Å². The summed E-state index contributed by atoms with van der Waals surface area (Å²) in [6.45, 7) is 2.47. The van der Waals surface area contributed by atoms with Gasteiger partial charge in [-0.2, -0.15) is 18.3 Å². The van der Waals surface area contributed by atoms with Crippen molar-refractivity contribution in [3.05, 3.63) is 64.7 Å². The van der Waals surface area contributed by atoms with E-state index in [1.54, 1.807) is 24.0 Å². The van der Waals surface area contributed by atoms with Gasteiger partial charge in [0.15, 0.2) is 0 Å². The van der Waals surface area contributed by atoms with E-state index >= 15 is 0 Å². The lowest BCUT2D eigenvalue weighted by atomic mass is 9.95. The molecule has 1 aromatic carbocycles. The first kappa shape index (κ1) is 22.9. The molecular formula is C22H20ClF3N4O3. The minimum absolute atomic E-state index is 0.00965. The van der Waals surface area contributed by atoms with Gasteiger partial charge < -0.3 is 14.6 Å². The van der Waals surface area contributed by atoms with Crippen LogP contribution in [0.1, 0.15) is 34.5 Å². The number of carbonyl (C=O) groups is 2. The molecule has 0 atom stereocenters. The Morgan fingerprint density at radius 1 is 1.18 bits per heavy atom. The summed E-state index contributed by atoms with van der Waals surface area (Å²) in [6.07, 6.45) is -0.842. The predicted molar refractivity (Wildman–Crippen MR) is 114 cm³/mol. The molecule has 1 aliphatic heterocycles. The molecule has 1 N–H and O–H groups in total. The number of hydrogen-bond acceptors (Lipinski definition) is 4. The van der Waals surface area contributed by atoms with Gasteiger partial charge in [0, 0.05) is 25.1 Å². The largest absolute Gasteiger partial charge is 0.472 e. The number of likely N-dealkylation sites (tertiary alicyclic amines) is 1. The first-order valence-electron chi connectivity index (χ1n) is 10.2. The fourth-order valence-electron chi connectivity index (χ4n) is 3.77. The normalized spacial score (nSPS) is 15.0. The molecule has 2 amide bonds. The molecule has 1 aliphatic rings. The standard InChI is InChI=1S/C22H20ClF3N4O3/c1-13-10-19(30(28-13)18-11-16(22(24,25)26)2-3-17(18)23)27-20(31)14-4-7-29(8-5-14)21(32)15-6-9-33-12-15/h2-3,6,9-12,14H,4-5,7-8H2,1H3,(H,27,31). The number of benzene rings is 1. The highest BCUT2D eigenvalue weighted by Gasteiger charge is 2.32. The van der Waals surface area contributed by atoms with Gasteiger partial charge >= 0.3 is 6.18 Å². The number of amides is 2. The van der Waals surface area contributed by atoms with Crippen LogP contribution in [0.15, 0.2) is 47.3 Å². The number of hydrogen-bond donors (Lipinski definition) is 1. The fourth-order valence-corrected chi connectivity index (χ4v) is 3.96. The smallest absolute Gasteiger partial charge is 0.416 e. The number of aromatic nitrogens is 2. The van der Waals surface area contributed by atoms with Crippen molar-refractivity contribution in [2.75, 3.05) is 18.4 Å². The van der Waals surface area contributed by atoms with Gasteiger partial charge in [0.1, 0.15) is 12.1 Å². The second-order valence-electron chi connectivity index (χ2n) is 7.81. The van der Waals surface area contributed by atoms with Gasteiger partial charge in [0.25, 0.3) is 5.91 Å². The lowest BCUT2D eigenvalue weighted by molar-refractivity contribution is -0.137. The van der Waals surface area contributed by atoms with Crippen molar-refractivity contribution >= 4 is 29.2 Å². The van der Waals surface area contributed by atoms with E-state index < -0.39 is 11.7 Å². The quantitative estimate of drug-likeness (QED) is 0.573. The highest BCUT2D eigenvalue weighted by atomic mass is 35.5. The van der Waals surface area contributed by atoms with E-state index in [1.807, 2.05) is 0 Å². The van der Waals surface area contributed by atoms with Gasteiger partial charge in [-0.25, -0.2) is 4.68 Å². The second-order valence-corrected chi connectivity index (χ2v) is 8.22. The molecule has 0 spiro atoms. The van der Waals surface area contributed by atoms with Crippen molar-refractivity contribution in [3.8, 4) is 5.69 Å². The highest BCUT2D eigenvalue weighted by molar-refractivity contribution is 6.32. The Kier molecular flexibility index (Phi) is 6.20. The van der Waals surface area contributed by atoms with E-state index in [9.17, 15) is 22.8 Å². The molecule has 0 saturated carbocycles. The molecule has 1 saturated heterocycles. The van der Waals surface area contributed by atoms with Gasteiger partial charge in [0.2, 0.25) is 5.91 Å². The predicted octanol–water partition coefficient (Wildman–Crippen LogP) is 4.94. The molecule has 3 aromatic rings. The molecule has 0 unspecified atom stereocenters. The Morgan fingerprint density at radius 2 is 1.91 bits per heavy atom. The summed E-state index contributed by atoms with van der Waals surface area (Å²) in [5, 5.41) is 7.04. The average Bonchev–Trinajstić information content (AvgIpc) is 3.43. The monoisotopic (exact) mass is 480 g/mol. The van der Waals surface area contributed by atoms with Gasteiger partial charge in [-0.05, 0) is 44.0 Å². The molecular weight excluding hydrogens is 461 g/mol. The Hall–Kier alpha value is -3.27. The minimum Gasteiger partial charge on any atom is -0.472 e. The zero-order valence-electron chi connectivity index (χ0n) is 17.5. The van der Waals surface area contributed by atoms with Gasteiger partial charge in [-0.1, -0.05) is 11.6 Å². The summed E-state index contributed by atoms with van der Waals surface area (Å²) < 4.78 is 45.7. The molecule has 33 heavy (non-hydrogen) atoms. The van der Waals surface area contributed by atoms with E-state index in [4.69, 9.17) is 16.0 Å². The summed E-state index contributed by atoms with van der Waals surface area (Å²) in [7, 11) is 0. The van der Waals surface area contributed by atoms with Crippen LogP contribution in [0, 0.1) is 12.8 Å². The first-order chi connectivity index (χ1) is 15.6. The third-order valence-electron chi connectivity index (χ3n) is 5.51. The molecule has 2 aromatic heterocycles. The van der Waals surface area contributed by atoms with Crippen molar-refractivity contribution in [2.24, 2.45) is 5.92 Å². The summed E-state index contributed by atoms with van der Waals surface area (Å²) in [4.78, 5) is 27.0. The number of aryl methyl sites for hydroxylation is 1. The summed E-state index contributed by atoms with van der Waals surface area (Å²) in [5.41, 5.74) is 0.0898. The number of carbonyl (C=O) groups excluding carboxylic acids is 2. The van der Waals surface area contributed by atoms with Gasteiger partial charge in [-0.3, -0.25) is 9.59 Å². The van der Waals surface area contributed by atoms with E-state index in [0.29, 0.717) is 37.2 Å². The number of piperidine rings is 1. The van der Waals surface area contributed by atoms with Crippen molar-refractivity contribution in [3.63, 3.8) is 0 Å². The maximum atomic E-state index is 13.2. The van der Waals surface area contributed by atoms with Crippen molar-refractivity contribution in [1.29, 1.82) is 0 Å². The number of anilines is 1. The lowest BCUT2D eigenvalue weighted by Crippen LogP contribution is -2.41. The Balaban J connectivity index is 1.48. The van der Waals surface area contributed by atoms with E-state index in [2.05, 4.69) is 10.4 Å². The maximum absolute atomic E-state index is 13.2. The lowest BCUT2D eigenvalue weighted by Gasteiger charge is -2.31. The SMILES string of the molecule is Cc1cc(NC(=O)C2CCN(C(=O)c3ccoc3)CC2)n(-c2cc(C(F)(F)F)ccc2Cl)n1. The first-order valence-corrected chi connectivity index (χ1v) is 10.6. The van der Waals surface area contributed by atoms with Crippen LogP contribution in [0.4, 0.5) is 19.0 Å². The molecule has 7 nitrogen and oxygen atoms in total. The maximum Gasteiger partial charge on any atom is 0.416 e. The number of alkyl halides is 3. The minimum atomic E-state index is -4.55. The van der Waals surface area contributed by atoms with Crippen LogP contribution in [0.2, 0.25) is 5.02 Å². The van der Waals surface area contributed by atoms with Crippen LogP contribution in [-0.4, -0.2) is 39.6 Å². The van der Waals surface area contributed by atoms with Crippen LogP contribution in [0.25, 0.3) is 5.69 Å². The number of furan rings is 1. The third kappa shape index (κ3) is 4.90. The van der Waals surface area contributed by atoms with Gasteiger partial charge in [0.05, 0.1) is 33.8 Å². The van der Waals surface area contributed by atoms with Crippen molar-refractivity contribution in [2.45, 2.75) is 25.9 Å². The Morgan fingerprint density at radius 3 is 2.55 bits per heavy atom. The third-order valence-corrected chi connectivity index (χ3v) is 5.83. The van der Waals surface area contributed by atoms with E-state index in [-0.39, 0.29) is 34.3 Å². The summed E-state index contributed by atoms with van der Waals surface area (Å²) >= 11 is 6.15. The summed E-state index contributed by atoms with van der Waals surface area (Å²) in [5.74, 6) is -0.597.